The summed E-state index contributed by atoms with van der Waals surface area (Å²) in [4.78, 5) is 30.5. The molecule has 0 aliphatic rings. The zero-order valence-electron chi connectivity index (χ0n) is 6.00. The summed E-state index contributed by atoms with van der Waals surface area (Å²) in [5.41, 5.74) is 0. The van der Waals surface area contributed by atoms with Gasteiger partial charge in [-0.1, -0.05) is 0 Å². The Morgan fingerprint density at radius 1 is 0.818 bits per heavy atom. The molecule has 9 heteroatoms. The SMILES string of the molecule is CP(=O)(O)O.CP(=O)(O)O.[Ti]. The van der Waals surface area contributed by atoms with Crippen molar-refractivity contribution in [2.45, 2.75) is 0 Å². The summed E-state index contributed by atoms with van der Waals surface area (Å²) < 4.78 is 18.7. The summed E-state index contributed by atoms with van der Waals surface area (Å²) >= 11 is 0. The normalized spacial score (nSPS) is 10.7. The third-order valence-electron chi connectivity index (χ3n) is 0. The van der Waals surface area contributed by atoms with Crippen molar-refractivity contribution in [3.8, 4) is 0 Å². The molecule has 0 aliphatic carbocycles. The first kappa shape index (κ1) is 17.9. The molecule has 0 spiro atoms. The average molecular weight is 240 g/mol. The van der Waals surface area contributed by atoms with Gasteiger partial charge in [0, 0.05) is 35.0 Å². The van der Waals surface area contributed by atoms with Crippen molar-refractivity contribution in [2.24, 2.45) is 0 Å². The molecule has 0 aromatic rings. The van der Waals surface area contributed by atoms with Crippen LogP contribution in [0.2, 0.25) is 0 Å². The Labute approximate surface area is 79.2 Å². The molecule has 11 heavy (non-hydrogen) atoms. The maximum Gasteiger partial charge on any atom is 0.322 e. The Morgan fingerprint density at radius 2 is 0.818 bits per heavy atom. The smallest absolute Gasteiger partial charge is 0.322 e. The maximum atomic E-state index is 9.33. The molecule has 0 amide bonds. The fourth-order valence-electron chi connectivity index (χ4n) is 0. The molecule has 0 aliphatic heterocycles. The van der Waals surface area contributed by atoms with Crippen LogP contribution in [0.4, 0.5) is 0 Å². The van der Waals surface area contributed by atoms with Crippen LogP contribution in [0.1, 0.15) is 0 Å². The van der Waals surface area contributed by atoms with Crippen LogP contribution in [-0.4, -0.2) is 32.9 Å². The second-order valence-electron chi connectivity index (χ2n) is 1.67. The molecule has 0 rings (SSSR count). The van der Waals surface area contributed by atoms with Crippen molar-refractivity contribution < 1.29 is 50.4 Å². The standard InChI is InChI=1S/2CH5O3P.Ti/c2*1-5(2,3)4;/h2*1H3,(H2,2,3,4);. The summed E-state index contributed by atoms with van der Waals surface area (Å²) in [5.74, 6) is 0. The zero-order chi connectivity index (χ0) is 9.00. The minimum atomic E-state index is -3.64. The average Bonchev–Trinajstić information content (AvgIpc) is 1.12. The van der Waals surface area contributed by atoms with Gasteiger partial charge in [0.1, 0.15) is 0 Å². The molecule has 0 heterocycles. The summed E-state index contributed by atoms with van der Waals surface area (Å²) in [6, 6.07) is 0. The first-order valence-corrected chi connectivity index (χ1v) is 6.18. The van der Waals surface area contributed by atoms with E-state index < -0.39 is 15.2 Å². The van der Waals surface area contributed by atoms with Gasteiger partial charge in [-0.2, -0.15) is 0 Å². The summed E-state index contributed by atoms with van der Waals surface area (Å²) in [6.45, 7) is 1.71. The van der Waals surface area contributed by atoms with Crippen LogP contribution >= 0.6 is 15.2 Å². The quantitative estimate of drug-likeness (QED) is 0.337. The van der Waals surface area contributed by atoms with E-state index in [2.05, 4.69) is 0 Å². The van der Waals surface area contributed by atoms with Crippen LogP contribution in [0, 0.1) is 0 Å². The molecule has 0 saturated carbocycles. The third kappa shape index (κ3) is 870. The van der Waals surface area contributed by atoms with Gasteiger partial charge in [-0.15, -0.1) is 0 Å². The van der Waals surface area contributed by atoms with Crippen molar-refractivity contribution >= 4 is 15.2 Å². The Hall–Kier alpha value is 1.01. The van der Waals surface area contributed by atoms with Gasteiger partial charge < -0.3 is 19.6 Å². The second kappa shape index (κ2) is 6.52. The second-order valence-corrected chi connectivity index (χ2v) is 5.01. The Kier molecular flexibility index (Phi) is 10.6. The van der Waals surface area contributed by atoms with Crippen molar-refractivity contribution in [3.63, 3.8) is 0 Å². The van der Waals surface area contributed by atoms with Crippen LogP contribution in [-0.2, 0) is 30.8 Å². The van der Waals surface area contributed by atoms with Gasteiger partial charge in [-0.3, -0.25) is 9.13 Å². The van der Waals surface area contributed by atoms with Crippen LogP contribution in [0.5, 0.6) is 0 Å². The van der Waals surface area contributed by atoms with E-state index in [1.54, 1.807) is 0 Å². The molecule has 0 unspecified atom stereocenters. The van der Waals surface area contributed by atoms with Gasteiger partial charge in [-0.05, 0) is 0 Å². The molecular formula is C2H10O6P2Ti. The molecule has 0 atom stereocenters. The van der Waals surface area contributed by atoms with Gasteiger partial charge in [0.2, 0.25) is 0 Å². The number of hydrogen-bond acceptors (Lipinski definition) is 2. The Morgan fingerprint density at radius 3 is 0.818 bits per heavy atom. The molecule has 0 aromatic heterocycles. The summed E-state index contributed by atoms with van der Waals surface area (Å²) in [7, 11) is -7.28. The monoisotopic (exact) mass is 240 g/mol. The van der Waals surface area contributed by atoms with Gasteiger partial charge in [0.15, 0.2) is 0 Å². The van der Waals surface area contributed by atoms with Crippen molar-refractivity contribution in [3.05, 3.63) is 0 Å². The molecule has 4 N–H and O–H groups in total. The zero-order valence-corrected chi connectivity index (χ0v) is 9.35. The minimum Gasteiger partial charge on any atom is -0.325 e. The van der Waals surface area contributed by atoms with Crippen molar-refractivity contribution in [1.82, 2.24) is 0 Å². The molecule has 0 bridgehead atoms. The molecule has 0 aromatic carbocycles. The van der Waals surface area contributed by atoms with Crippen molar-refractivity contribution in [1.29, 1.82) is 0 Å². The van der Waals surface area contributed by atoms with Crippen molar-refractivity contribution in [2.75, 3.05) is 13.3 Å². The van der Waals surface area contributed by atoms with Crippen LogP contribution in [0.25, 0.3) is 0 Å². The maximum absolute atomic E-state index is 9.33. The van der Waals surface area contributed by atoms with E-state index in [-0.39, 0.29) is 21.7 Å². The van der Waals surface area contributed by atoms with E-state index in [1.165, 1.54) is 0 Å². The first-order chi connectivity index (χ1) is 4.00. The fraction of sp³-hybridized carbons (Fsp3) is 1.00. The summed E-state index contributed by atoms with van der Waals surface area (Å²) in [6.07, 6.45) is 0. The van der Waals surface area contributed by atoms with Crippen LogP contribution in [0.3, 0.4) is 0 Å². The Balaban J connectivity index is -0.000000107. The molecular weight excluding hydrogens is 230 g/mol. The largest absolute Gasteiger partial charge is 0.325 e. The van der Waals surface area contributed by atoms with Gasteiger partial charge in [0.25, 0.3) is 0 Å². The van der Waals surface area contributed by atoms with E-state index in [9.17, 15) is 9.13 Å². The number of rotatable bonds is 0. The molecule has 6 nitrogen and oxygen atoms in total. The van der Waals surface area contributed by atoms with E-state index in [4.69, 9.17) is 19.6 Å². The Bertz CT molecular complexity index is 131. The van der Waals surface area contributed by atoms with E-state index in [1.807, 2.05) is 0 Å². The molecule has 68 valence electrons. The first-order valence-electron chi connectivity index (χ1n) is 2.06. The minimum absolute atomic E-state index is 0. The van der Waals surface area contributed by atoms with Gasteiger partial charge in [0.05, 0.1) is 0 Å². The van der Waals surface area contributed by atoms with Gasteiger partial charge >= 0.3 is 15.2 Å². The fourth-order valence-corrected chi connectivity index (χ4v) is 0. The topological polar surface area (TPSA) is 115 Å². The predicted molar refractivity (Wildman–Crippen MR) is 35.9 cm³/mol. The van der Waals surface area contributed by atoms with E-state index >= 15 is 0 Å². The van der Waals surface area contributed by atoms with E-state index in [0.717, 1.165) is 13.3 Å². The molecule has 0 saturated heterocycles. The number of hydrogen-bond donors (Lipinski definition) is 4. The van der Waals surface area contributed by atoms with E-state index in [0.29, 0.717) is 0 Å². The molecule has 0 radical (unpaired) electrons. The molecule has 0 fully saturated rings. The summed E-state index contributed by atoms with van der Waals surface area (Å²) in [5, 5.41) is 0. The third-order valence-corrected chi connectivity index (χ3v) is 0. The van der Waals surface area contributed by atoms with Gasteiger partial charge in [-0.25, -0.2) is 0 Å². The van der Waals surface area contributed by atoms with Crippen LogP contribution in [0.15, 0.2) is 0 Å². The predicted octanol–water partition coefficient (Wildman–Crippen LogP) is -0.415. The van der Waals surface area contributed by atoms with Crippen LogP contribution < -0.4 is 0 Å².